The molecule has 208 valence electrons. The Labute approximate surface area is 230 Å². The summed E-state index contributed by atoms with van der Waals surface area (Å²) < 4.78 is 0. The molecule has 0 spiro atoms. The molecule has 2 aliphatic heterocycles. The van der Waals surface area contributed by atoms with Gasteiger partial charge >= 0.3 is 0 Å². The van der Waals surface area contributed by atoms with Crippen molar-refractivity contribution in [2.45, 2.75) is 65.8 Å². The zero-order chi connectivity index (χ0) is 27.1. The van der Waals surface area contributed by atoms with E-state index in [1.165, 1.54) is 55.8 Å². The molecule has 1 N–H and O–H groups in total. The van der Waals surface area contributed by atoms with E-state index in [1.54, 1.807) is 0 Å². The molecule has 2 aromatic rings. The summed E-state index contributed by atoms with van der Waals surface area (Å²) in [6, 6.07) is 17.9. The Hall–Kier alpha value is -2.09. The van der Waals surface area contributed by atoms with Crippen LogP contribution in [0.25, 0.3) is 0 Å². The van der Waals surface area contributed by atoms with Crippen molar-refractivity contribution in [3.05, 3.63) is 70.8 Å². The van der Waals surface area contributed by atoms with Crippen molar-refractivity contribution in [2.75, 3.05) is 52.4 Å². The van der Waals surface area contributed by atoms with E-state index >= 15 is 0 Å². The van der Waals surface area contributed by atoms with E-state index < -0.39 is 6.61 Å². The van der Waals surface area contributed by atoms with Crippen molar-refractivity contribution in [2.24, 2.45) is 5.92 Å². The average molecular weight is 521 g/mol. The summed E-state index contributed by atoms with van der Waals surface area (Å²) >= 11 is 0. The average Bonchev–Trinajstić information content (AvgIpc) is 2.90. The van der Waals surface area contributed by atoms with Gasteiger partial charge in [-0.1, -0.05) is 62.4 Å². The van der Waals surface area contributed by atoms with E-state index in [2.05, 4.69) is 71.6 Å². The van der Waals surface area contributed by atoms with Gasteiger partial charge in [0.05, 0.1) is 0 Å². The molecule has 2 aromatic carbocycles. The summed E-state index contributed by atoms with van der Waals surface area (Å²) in [5, 5.41) is 9.07. The third-order valence-electron chi connectivity index (χ3n) is 8.25. The lowest BCUT2D eigenvalue weighted by Crippen LogP contribution is -2.55. The van der Waals surface area contributed by atoms with Gasteiger partial charge in [-0.15, -0.1) is 0 Å². The van der Waals surface area contributed by atoms with Crippen LogP contribution in [0, 0.1) is 5.92 Å². The number of aliphatic hydroxyl groups is 1. The third kappa shape index (κ3) is 8.20. The Morgan fingerprint density at radius 1 is 0.816 bits per heavy atom. The van der Waals surface area contributed by atoms with E-state index in [0.29, 0.717) is 17.6 Å². The number of aliphatic hydroxyl groups excluding tert-OH is 1. The van der Waals surface area contributed by atoms with E-state index in [1.807, 2.05) is 24.3 Å². The molecule has 2 atom stereocenters. The second-order valence-electron chi connectivity index (χ2n) is 12.0. The van der Waals surface area contributed by atoms with Crippen LogP contribution in [-0.4, -0.2) is 95.0 Å². The second kappa shape index (κ2) is 13.8. The largest absolute Gasteiger partial charge is 0.388 e. The fraction of sp³-hybridized carbons (Fsp3) is 0.594. The number of hydrogen-bond donors (Lipinski definition) is 1. The molecule has 0 aliphatic carbocycles. The smallest absolute Gasteiger partial charge is 0.188 e. The fourth-order valence-electron chi connectivity index (χ4n) is 5.96. The monoisotopic (exact) mass is 520 g/mol. The Balaban J connectivity index is 1.26. The van der Waals surface area contributed by atoms with E-state index in [4.69, 9.17) is 5.11 Å². The molecule has 0 aromatic heterocycles. The summed E-state index contributed by atoms with van der Waals surface area (Å²) in [7, 11) is 0. The van der Waals surface area contributed by atoms with Crippen LogP contribution in [0.3, 0.4) is 0 Å². The summed E-state index contributed by atoms with van der Waals surface area (Å²) in [6.45, 7) is 19.8. The fourth-order valence-corrected chi connectivity index (χ4v) is 5.96. The van der Waals surface area contributed by atoms with Crippen LogP contribution in [-0.2, 0) is 19.6 Å². The van der Waals surface area contributed by atoms with Gasteiger partial charge < -0.3 is 10.0 Å². The number of Topliss-reactive ketones (excluding diaryl/α,β-unsaturated/α-hetero) is 1. The van der Waals surface area contributed by atoms with Crippen molar-refractivity contribution in [1.29, 1.82) is 0 Å². The van der Waals surface area contributed by atoms with Gasteiger partial charge in [0, 0.05) is 76.5 Å². The number of benzene rings is 2. The minimum atomic E-state index is -0.436. The third-order valence-corrected chi connectivity index (χ3v) is 8.25. The van der Waals surface area contributed by atoms with Crippen LogP contribution in [0.2, 0.25) is 0 Å². The Bertz CT molecular complexity index is 1000. The molecule has 4 rings (SSSR count). The lowest BCUT2D eigenvalue weighted by atomic mass is 10.0. The summed E-state index contributed by atoms with van der Waals surface area (Å²) in [5.41, 5.74) is 4.63. The summed E-state index contributed by atoms with van der Waals surface area (Å²) in [5.74, 6) is 0.559. The minimum Gasteiger partial charge on any atom is -0.388 e. The van der Waals surface area contributed by atoms with Gasteiger partial charge in [0.2, 0.25) is 0 Å². The SMILES string of the molecule is CC(C)CCN1CCN(Cc2cccc(CN3[C@H](C)CN(Cc4ccc(C(=O)CO)cc4)C[C@@H]3C)c2)CC1. The number of carbonyl (C=O) groups is 1. The summed E-state index contributed by atoms with van der Waals surface area (Å²) in [6.07, 6.45) is 1.30. The first kappa shape index (κ1) is 28.9. The highest BCUT2D eigenvalue weighted by molar-refractivity contribution is 5.96. The van der Waals surface area contributed by atoms with Gasteiger partial charge in [-0.05, 0) is 49.4 Å². The molecule has 6 heteroatoms. The second-order valence-corrected chi connectivity index (χ2v) is 12.0. The highest BCUT2D eigenvalue weighted by Crippen LogP contribution is 2.22. The lowest BCUT2D eigenvalue weighted by Gasteiger charge is -2.44. The predicted octanol–water partition coefficient (Wildman–Crippen LogP) is 4.12. The molecule has 2 saturated heterocycles. The maximum atomic E-state index is 11.7. The number of rotatable bonds is 11. The first-order chi connectivity index (χ1) is 18.3. The first-order valence-corrected chi connectivity index (χ1v) is 14.5. The maximum absolute atomic E-state index is 11.7. The van der Waals surface area contributed by atoms with Gasteiger partial charge in [-0.25, -0.2) is 0 Å². The Morgan fingerprint density at radius 2 is 1.39 bits per heavy atom. The maximum Gasteiger partial charge on any atom is 0.188 e. The molecule has 2 heterocycles. The molecule has 2 aliphatic rings. The number of hydrogen-bond acceptors (Lipinski definition) is 6. The standard InChI is InChI=1S/C32H48N4O2/c1-25(2)12-13-33-14-16-34(17-15-33)22-29-6-5-7-30(18-29)23-36-26(3)19-35(20-27(36)4)21-28-8-10-31(11-9-28)32(38)24-37/h5-11,18,25-27,37H,12-17,19-24H2,1-4H3/t26-,27+. The molecule has 0 radical (unpaired) electrons. The van der Waals surface area contributed by atoms with Crippen molar-refractivity contribution >= 4 is 5.78 Å². The topological polar surface area (TPSA) is 50.3 Å². The minimum absolute atomic E-state index is 0.226. The van der Waals surface area contributed by atoms with Gasteiger partial charge in [-0.3, -0.25) is 19.5 Å². The van der Waals surface area contributed by atoms with Gasteiger partial charge in [0.25, 0.3) is 0 Å². The molecule has 2 fully saturated rings. The van der Waals surface area contributed by atoms with E-state index in [-0.39, 0.29) is 5.78 Å². The van der Waals surface area contributed by atoms with Crippen LogP contribution in [0.4, 0.5) is 0 Å². The van der Waals surface area contributed by atoms with Crippen LogP contribution in [0.1, 0.15) is 61.2 Å². The Kier molecular flexibility index (Phi) is 10.5. The lowest BCUT2D eigenvalue weighted by molar-refractivity contribution is 0.0290. The Morgan fingerprint density at radius 3 is 2.00 bits per heavy atom. The molecular weight excluding hydrogens is 472 g/mol. The number of piperazine rings is 2. The van der Waals surface area contributed by atoms with Gasteiger partial charge in [-0.2, -0.15) is 0 Å². The highest BCUT2D eigenvalue weighted by Gasteiger charge is 2.29. The van der Waals surface area contributed by atoms with Crippen LogP contribution in [0.5, 0.6) is 0 Å². The van der Waals surface area contributed by atoms with E-state index in [0.717, 1.165) is 38.6 Å². The van der Waals surface area contributed by atoms with Crippen molar-refractivity contribution in [1.82, 2.24) is 19.6 Å². The molecular formula is C32H48N4O2. The molecule has 38 heavy (non-hydrogen) atoms. The normalized spacial score (nSPS) is 22.3. The molecule has 0 unspecified atom stereocenters. The number of carbonyl (C=O) groups excluding carboxylic acids is 1. The first-order valence-electron chi connectivity index (χ1n) is 14.5. The number of nitrogens with zero attached hydrogens (tertiary/aromatic N) is 4. The molecule has 0 bridgehead atoms. The quantitative estimate of drug-likeness (QED) is 0.450. The molecule has 0 amide bonds. The molecule has 6 nitrogen and oxygen atoms in total. The van der Waals surface area contributed by atoms with Crippen LogP contribution < -0.4 is 0 Å². The van der Waals surface area contributed by atoms with Gasteiger partial charge in [0.15, 0.2) is 5.78 Å². The summed E-state index contributed by atoms with van der Waals surface area (Å²) in [4.78, 5) is 22.1. The zero-order valence-electron chi connectivity index (χ0n) is 24.0. The predicted molar refractivity (Wildman–Crippen MR) is 155 cm³/mol. The zero-order valence-corrected chi connectivity index (χ0v) is 24.0. The highest BCUT2D eigenvalue weighted by atomic mass is 16.3. The number of ketones is 1. The van der Waals surface area contributed by atoms with Crippen molar-refractivity contribution in [3.63, 3.8) is 0 Å². The van der Waals surface area contributed by atoms with Crippen molar-refractivity contribution in [3.8, 4) is 0 Å². The van der Waals surface area contributed by atoms with E-state index in [9.17, 15) is 4.79 Å². The van der Waals surface area contributed by atoms with Crippen LogP contribution >= 0.6 is 0 Å². The van der Waals surface area contributed by atoms with Crippen molar-refractivity contribution < 1.29 is 9.90 Å². The van der Waals surface area contributed by atoms with Gasteiger partial charge in [0.1, 0.15) is 6.61 Å². The molecule has 0 saturated carbocycles. The van der Waals surface area contributed by atoms with Crippen LogP contribution in [0.15, 0.2) is 48.5 Å².